The molecule has 1 fully saturated rings. The average molecular weight is 277 g/mol. The van der Waals surface area contributed by atoms with E-state index in [1.54, 1.807) is 20.3 Å². The van der Waals surface area contributed by atoms with Crippen molar-refractivity contribution in [3.63, 3.8) is 0 Å². The van der Waals surface area contributed by atoms with E-state index < -0.39 is 0 Å². The first-order chi connectivity index (χ1) is 9.63. The summed E-state index contributed by atoms with van der Waals surface area (Å²) < 4.78 is 0. The van der Waals surface area contributed by atoms with Crippen LogP contribution in [0, 0.1) is 0 Å². The molecule has 2 heterocycles. The van der Waals surface area contributed by atoms with Crippen LogP contribution >= 0.6 is 0 Å². The number of carbonyl (C=O) groups excluding carboxylic acids is 1. The number of pyridine rings is 1. The van der Waals surface area contributed by atoms with Gasteiger partial charge in [-0.1, -0.05) is 0 Å². The summed E-state index contributed by atoms with van der Waals surface area (Å²) in [7, 11) is 3.46. The molecule has 0 saturated carbocycles. The molecule has 2 rings (SSSR count). The molecule has 0 aromatic carbocycles. The molecular formula is C15H23N3O2. The molecule has 1 amide bonds. The third kappa shape index (κ3) is 3.28. The number of anilines is 1. The minimum Gasteiger partial charge on any atom is -0.396 e. The lowest BCUT2D eigenvalue weighted by molar-refractivity contribution is 0.0822. The van der Waals surface area contributed by atoms with E-state index in [2.05, 4.69) is 9.88 Å². The Hall–Kier alpha value is -1.62. The predicted octanol–water partition coefficient (Wildman–Crippen LogP) is 1.52. The van der Waals surface area contributed by atoms with E-state index in [1.165, 1.54) is 11.3 Å². The predicted molar refractivity (Wildman–Crippen MR) is 78.9 cm³/mol. The quantitative estimate of drug-likeness (QED) is 0.906. The lowest BCUT2D eigenvalue weighted by Crippen LogP contribution is -2.40. The molecule has 1 N–H and O–H groups in total. The summed E-state index contributed by atoms with van der Waals surface area (Å²) in [6, 6.07) is 4.17. The van der Waals surface area contributed by atoms with Gasteiger partial charge in [0, 0.05) is 45.2 Å². The van der Waals surface area contributed by atoms with Crippen LogP contribution in [0.15, 0.2) is 18.3 Å². The fourth-order valence-electron chi connectivity index (χ4n) is 2.73. The largest absolute Gasteiger partial charge is 0.396 e. The van der Waals surface area contributed by atoms with E-state index >= 15 is 0 Å². The van der Waals surface area contributed by atoms with Gasteiger partial charge < -0.3 is 14.9 Å². The number of hydrogen-bond acceptors (Lipinski definition) is 4. The van der Waals surface area contributed by atoms with E-state index in [0.717, 1.165) is 31.5 Å². The SMILES string of the molecule is CN(C)C(=O)c1cc(N2CCCCC2CCO)ccn1. The molecule has 1 saturated heterocycles. The summed E-state index contributed by atoms with van der Waals surface area (Å²) in [4.78, 5) is 20.0. The standard InChI is InChI=1S/C15H23N3O2/c1-17(2)15(20)14-11-13(6-8-16-14)18-9-4-3-5-12(18)7-10-19/h6,8,11-12,19H,3-5,7,9-10H2,1-2H3. The second-order valence-electron chi connectivity index (χ2n) is 5.45. The second-order valence-corrected chi connectivity index (χ2v) is 5.45. The van der Waals surface area contributed by atoms with E-state index in [9.17, 15) is 9.90 Å². The number of aromatic nitrogens is 1. The summed E-state index contributed by atoms with van der Waals surface area (Å²) in [6.45, 7) is 1.18. The van der Waals surface area contributed by atoms with Gasteiger partial charge in [0.05, 0.1) is 0 Å². The van der Waals surface area contributed by atoms with Gasteiger partial charge in [-0.2, -0.15) is 0 Å². The van der Waals surface area contributed by atoms with Crippen LogP contribution in [0.2, 0.25) is 0 Å². The van der Waals surface area contributed by atoms with Gasteiger partial charge in [-0.3, -0.25) is 9.78 Å². The van der Waals surface area contributed by atoms with Crippen molar-refractivity contribution >= 4 is 11.6 Å². The number of nitrogens with zero attached hydrogens (tertiary/aromatic N) is 3. The number of carbonyl (C=O) groups is 1. The van der Waals surface area contributed by atoms with E-state index in [0.29, 0.717) is 11.7 Å². The molecule has 1 aliphatic heterocycles. The summed E-state index contributed by atoms with van der Waals surface area (Å²) in [6.07, 6.45) is 5.92. The lowest BCUT2D eigenvalue weighted by atomic mass is 9.99. The lowest BCUT2D eigenvalue weighted by Gasteiger charge is -2.37. The van der Waals surface area contributed by atoms with Gasteiger partial charge in [0.1, 0.15) is 5.69 Å². The van der Waals surface area contributed by atoms with Crippen molar-refractivity contribution < 1.29 is 9.90 Å². The van der Waals surface area contributed by atoms with Gasteiger partial charge in [0.2, 0.25) is 0 Å². The van der Waals surface area contributed by atoms with Gasteiger partial charge in [-0.05, 0) is 37.8 Å². The Morgan fingerprint density at radius 1 is 1.50 bits per heavy atom. The number of aliphatic hydroxyl groups is 1. The molecular weight excluding hydrogens is 254 g/mol. The van der Waals surface area contributed by atoms with E-state index in [4.69, 9.17) is 0 Å². The molecule has 0 spiro atoms. The molecule has 1 aromatic rings. The zero-order valence-corrected chi connectivity index (χ0v) is 12.2. The van der Waals surface area contributed by atoms with Gasteiger partial charge in [-0.15, -0.1) is 0 Å². The minimum absolute atomic E-state index is 0.0810. The average Bonchev–Trinajstić information content (AvgIpc) is 2.47. The summed E-state index contributed by atoms with van der Waals surface area (Å²) >= 11 is 0. The Morgan fingerprint density at radius 2 is 2.30 bits per heavy atom. The number of aliphatic hydroxyl groups excluding tert-OH is 1. The van der Waals surface area contributed by atoms with Crippen LogP contribution in [0.25, 0.3) is 0 Å². The molecule has 1 aromatic heterocycles. The highest BCUT2D eigenvalue weighted by Gasteiger charge is 2.23. The fourth-order valence-corrected chi connectivity index (χ4v) is 2.73. The Labute approximate surface area is 120 Å². The normalized spacial score (nSPS) is 18.9. The Kier molecular flexibility index (Phi) is 4.95. The van der Waals surface area contributed by atoms with Crippen LogP contribution in [0.1, 0.15) is 36.2 Å². The monoisotopic (exact) mass is 277 g/mol. The van der Waals surface area contributed by atoms with Gasteiger partial charge >= 0.3 is 0 Å². The maximum absolute atomic E-state index is 12.0. The molecule has 0 bridgehead atoms. The molecule has 5 heteroatoms. The zero-order chi connectivity index (χ0) is 14.5. The number of amides is 1. The summed E-state index contributed by atoms with van der Waals surface area (Å²) in [5, 5.41) is 9.20. The fraction of sp³-hybridized carbons (Fsp3) is 0.600. The molecule has 110 valence electrons. The molecule has 1 atom stereocenters. The van der Waals surface area contributed by atoms with Crippen molar-refractivity contribution in [1.29, 1.82) is 0 Å². The minimum atomic E-state index is -0.0810. The van der Waals surface area contributed by atoms with Gasteiger partial charge in [0.15, 0.2) is 0 Å². The van der Waals surface area contributed by atoms with Crippen molar-refractivity contribution in [2.24, 2.45) is 0 Å². The van der Waals surface area contributed by atoms with Crippen molar-refractivity contribution in [2.75, 3.05) is 32.1 Å². The number of rotatable bonds is 4. The molecule has 20 heavy (non-hydrogen) atoms. The maximum atomic E-state index is 12.0. The van der Waals surface area contributed by atoms with Crippen molar-refractivity contribution in [3.8, 4) is 0 Å². The van der Waals surface area contributed by atoms with Crippen LogP contribution in [-0.2, 0) is 0 Å². The first-order valence-corrected chi connectivity index (χ1v) is 7.18. The first kappa shape index (κ1) is 14.8. The molecule has 0 aliphatic carbocycles. The summed E-state index contributed by atoms with van der Waals surface area (Å²) in [5.74, 6) is -0.0810. The summed E-state index contributed by atoms with van der Waals surface area (Å²) in [5.41, 5.74) is 1.50. The van der Waals surface area contributed by atoms with Crippen molar-refractivity contribution in [1.82, 2.24) is 9.88 Å². The number of piperidine rings is 1. The first-order valence-electron chi connectivity index (χ1n) is 7.18. The molecule has 0 radical (unpaired) electrons. The van der Waals surface area contributed by atoms with Crippen LogP contribution in [-0.4, -0.2) is 54.2 Å². The van der Waals surface area contributed by atoms with Gasteiger partial charge in [-0.25, -0.2) is 0 Å². The smallest absolute Gasteiger partial charge is 0.272 e. The van der Waals surface area contributed by atoms with Crippen LogP contribution in [0.4, 0.5) is 5.69 Å². The highest BCUT2D eigenvalue weighted by atomic mass is 16.3. The zero-order valence-electron chi connectivity index (χ0n) is 12.2. The van der Waals surface area contributed by atoms with Crippen LogP contribution in [0.3, 0.4) is 0 Å². The highest BCUT2D eigenvalue weighted by molar-refractivity contribution is 5.92. The Bertz CT molecular complexity index is 460. The second kappa shape index (κ2) is 6.70. The van der Waals surface area contributed by atoms with E-state index in [1.807, 2.05) is 12.1 Å². The Balaban J connectivity index is 2.22. The highest BCUT2D eigenvalue weighted by Crippen LogP contribution is 2.26. The topological polar surface area (TPSA) is 56.7 Å². The molecule has 1 unspecified atom stereocenters. The van der Waals surface area contributed by atoms with Crippen molar-refractivity contribution in [2.45, 2.75) is 31.7 Å². The van der Waals surface area contributed by atoms with Crippen LogP contribution in [0.5, 0.6) is 0 Å². The molecule has 5 nitrogen and oxygen atoms in total. The number of hydrogen-bond donors (Lipinski definition) is 1. The van der Waals surface area contributed by atoms with E-state index in [-0.39, 0.29) is 12.5 Å². The third-order valence-corrected chi connectivity index (χ3v) is 3.79. The third-order valence-electron chi connectivity index (χ3n) is 3.79. The van der Waals surface area contributed by atoms with Crippen LogP contribution < -0.4 is 4.90 Å². The van der Waals surface area contributed by atoms with Gasteiger partial charge in [0.25, 0.3) is 5.91 Å². The maximum Gasteiger partial charge on any atom is 0.272 e. The Morgan fingerprint density at radius 3 is 3.00 bits per heavy atom. The molecule has 1 aliphatic rings. The van der Waals surface area contributed by atoms with Crippen molar-refractivity contribution in [3.05, 3.63) is 24.0 Å².